The molecule has 0 aliphatic heterocycles. The van der Waals surface area contributed by atoms with Gasteiger partial charge in [-0.3, -0.25) is 0 Å². The van der Waals surface area contributed by atoms with Crippen LogP contribution in [0.2, 0.25) is 0 Å². The Kier molecular flexibility index (Phi) is 2.00. The Morgan fingerprint density at radius 1 is 1.00 bits per heavy atom. The van der Waals surface area contributed by atoms with Gasteiger partial charge in [-0.05, 0) is 47.8 Å². The average Bonchev–Trinajstić information content (AvgIpc) is 2.55. The van der Waals surface area contributed by atoms with E-state index in [1.165, 1.54) is 44.9 Å². The highest BCUT2D eigenvalue weighted by Gasteiger charge is 2.68. The summed E-state index contributed by atoms with van der Waals surface area (Å²) in [6.07, 6.45) is 10.1. The summed E-state index contributed by atoms with van der Waals surface area (Å²) in [5, 5.41) is 0. The summed E-state index contributed by atoms with van der Waals surface area (Å²) in [6.45, 7) is 12.1. The molecule has 0 saturated heterocycles. The number of allylic oxidation sites excluding steroid dienone is 1. The van der Waals surface area contributed by atoms with Crippen molar-refractivity contribution in [3.05, 3.63) is 12.2 Å². The first-order valence-electron chi connectivity index (χ1n) is 7.15. The molecule has 0 nitrogen and oxygen atoms in total. The SMILES string of the molecule is C=C1C2(CCCCC2)C2CCC1(C)C2(C)C. The summed E-state index contributed by atoms with van der Waals surface area (Å²) < 4.78 is 0. The van der Waals surface area contributed by atoms with E-state index in [1.807, 2.05) is 0 Å². The molecular weight excluding hydrogens is 192 g/mol. The molecule has 3 rings (SSSR count). The van der Waals surface area contributed by atoms with Gasteiger partial charge in [0.25, 0.3) is 0 Å². The molecule has 2 unspecified atom stereocenters. The Hall–Kier alpha value is -0.260. The Morgan fingerprint density at radius 3 is 2.12 bits per heavy atom. The molecule has 0 heterocycles. The van der Waals surface area contributed by atoms with Crippen LogP contribution in [0.1, 0.15) is 65.7 Å². The van der Waals surface area contributed by atoms with Crippen LogP contribution in [-0.2, 0) is 0 Å². The molecule has 0 radical (unpaired) electrons. The van der Waals surface area contributed by atoms with Crippen molar-refractivity contribution in [1.29, 1.82) is 0 Å². The highest BCUT2D eigenvalue weighted by atomic mass is 14.7. The standard InChI is InChI=1S/C16H26/c1-12-15(4)11-8-13(14(15,2)3)16(12)9-6-5-7-10-16/h13H,1,5-11H2,2-4H3. The van der Waals surface area contributed by atoms with Crippen LogP contribution >= 0.6 is 0 Å². The van der Waals surface area contributed by atoms with Crippen molar-refractivity contribution in [2.75, 3.05) is 0 Å². The fraction of sp³-hybridized carbons (Fsp3) is 0.875. The predicted molar refractivity (Wildman–Crippen MR) is 69.3 cm³/mol. The van der Waals surface area contributed by atoms with E-state index in [1.54, 1.807) is 5.57 Å². The Morgan fingerprint density at radius 2 is 1.62 bits per heavy atom. The molecule has 90 valence electrons. The second-order valence-electron chi connectivity index (χ2n) is 7.34. The second kappa shape index (κ2) is 2.94. The van der Waals surface area contributed by atoms with Crippen molar-refractivity contribution >= 4 is 0 Å². The second-order valence-corrected chi connectivity index (χ2v) is 7.34. The van der Waals surface area contributed by atoms with Crippen molar-refractivity contribution in [3.8, 4) is 0 Å². The fourth-order valence-corrected chi connectivity index (χ4v) is 5.60. The molecule has 3 saturated carbocycles. The van der Waals surface area contributed by atoms with Gasteiger partial charge in [0.2, 0.25) is 0 Å². The molecule has 2 bridgehead atoms. The van der Waals surface area contributed by atoms with Crippen molar-refractivity contribution in [1.82, 2.24) is 0 Å². The Bertz CT molecular complexity index is 330. The first kappa shape index (κ1) is 10.9. The van der Waals surface area contributed by atoms with Crippen LogP contribution in [-0.4, -0.2) is 0 Å². The van der Waals surface area contributed by atoms with Crippen LogP contribution in [0.3, 0.4) is 0 Å². The van der Waals surface area contributed by atoms with Crippen LogP contribution in [0.25, 0.3) is 0 Å². The van der Waals surface area contributed by atoms with Gasteiger partial charge in [-0.15, -0.1) is 0 Å². The lowest BCUT2D eigenvalue weighted by molar-refractivity contribution is 0.103. The third-order valence-electron chi connectivity index (χ3n) is 6.91. The summed E-state index contributed by atoms with van der Waals surface area (Å²) in [5.74, 6) is 0.929. The molecule has 3 aliphatic carbocycles. The summed E-state index contributed by atoms with van der Waals surface area (Å²) >= 11 is 0. The van der Waals surface area contributed by atoms with Gasteiger partial charge in [-0.25, -0.2) is 0 Å². The molecule has 0 N–H and O–H groups in total. The highest BCUT2D eigenvalue weighted by molar-refractivity contribution is 5.36. The molecule has 1 spiro atoms. The minimum absolute atomic E-state index is 0.439. The smallest absolute Gasteiger partial charge is 0.00515 e. The zero-order chi connectivity index (χ0) is 11.6. The minimum atomic E-state index is 0.439. The van der Waals surface area contributed by atoms with E-state index in [9.17, 15) is 0 Å². The van der Waals surface area contributed by atoms with Crippen LogP contribution in [0.4, 0.5) is 0 Å². The monoisotopic (exact) mass is 218 g/mol. The normalized spacial score (nSPS) is 44.2. The van der Waals surface area contributed by atoms with E-state index in [0.29, 0.717) is 16.2 Å². The number of rotatable bonds is 0. The van der Waals surface area contributed by atoms with Gasteiger partial charge in [0, 0.05) is 0 Å². The maximum absolute atomic E-state index is 4.58. The Balaban J connectivity index is 2.08. The fourth-order valence-electron chi connectivity index (χ4n) is 5.60. The zero-order valence-corrected chi connectivity index (χ0v) is 11.2. The van der Waals surface area contributed by atoms with Gasteiger partial charge < -0.3 is 0 Å². The lowest BCUT2D eigenvalue weighted by Crippen LogP contribution is -2.34. The van der Waals surface area contributed by atoms with Crippen LogP contribution in [0.5, 0.6) is 0 Å². The molecule has 3 aliphatic rings. The van der Waals surface area contributed by atoms with Gasteiger partial charge in [0.15, 0.2) is 0 Å². The first-order chi connectivity index (χ1) is 7.45. The number of hydrogen-bond donors (Lipinski definition) is 0. The molecule has 0 heteroatoms. The van der Waals surface area contributed by atoms with E-state index < -0.39 is 0 Å². The van der Waals surface area contributed by atoms with E-state index in [2.05, 4.69) is 27.4 Å². The first-order valence-corrected chi connectivity index (χ1v) is 7.15. The molecule has 0 amide bonds. The zero-order valence-electron chi connectivity index (χ0n) is 11.2. The average molecular weight is 218 g/mol. The van der Waals surface area contributed by atoms with Crippen molar-refractivity contribution < 1.29 is 0 Å². The largest absolute Gasteiger partial charge is 0.0987 e. The molecule has 0 aromatic heterocycles. The highest BCUT2D eigenvalue weighted by Crippen LogP contribution is 2.77. The maximum atomic E-state index is 4.58. The summed E-state index contributed by atoms with van der Waals surface area (Å²) in [7, 11) is 0. The summed E-state index contributed by atoms with van der Waals surface area (Å²) in [6, 6.07) is 0. The van der Waals surface area contributed by atoms with Gasteiger partial charge in [0.05, 0.1) is 0 Å². The quantitative estimate of drug-likeness (QED) is 0.505. The number of fused-ring (bicyclic) bond motifs is 3. The van der Waals surface area contributed by atoms with Crippen molar-refractivity contribution in [3.63, 3.8) is 0 Å². The Labute approximate surface area is 101 Å². The maximum Gasteiger partial charge on any atom is -0.00515 e. The van der Waals surface area contributed by atoms with E-state index in [4.69, 9.17) is 0 Å². The van der Waals surface area contributed by atoms with Crippen LogP contribution in [0, 0.1) is 22.2 Å². The van der Waals surface area contributed by atoms with E-state index in [0.717, 1.165) is 5.92 Å². The molecular formula is C16H26. The van der Waals surface area contributed by atoms with E-state index >= 15 is 0 Å². The van der Waals surface area contributed by atoms with Gasteiger partial charge in [-0.1, -0.05) is 52.2 Å². The lowest BCUT2D eigenvalue weighted by atomic mass is 9.60. The molecule has 0 aromatic carbocycles. The molecule has 0 aromatic rings. The third kappa shape index (κ3) is 0.939. The minimum Gasteiger partial charge on any atom is -0.0987 e. The van der Waals surface area contributed by atoms with Gasteiger partial charge in [0.1, 0.15) is 0 Å². The molecule has 2 atom stereocenters. The molecule has 3 fully saturated rings. The van der Waals surface area contributed by atoms with Gasteiger partial charge in [-0.2, -0.15) is 0 Å². The van der Waals surface area contributed by atoms with E-state index in [-0.39, 0.29) is 0 Å². The lowest BCUT2D eigenvalue weighted by Gasteiger charge is -2.44. The van der Waals surface area contributed by atoms with Crippen LogP contribution in [0.15, 0.2) is 12.2 Å². The summed E-state index contributed by atoms with van der Waals surface area (Å²) in [5.41, 5.74) is 3.13. The predicted octanol–water partition coefficient (Wildman–Crippen LogP) is 4.95. The van der Waals surface area contributed by atoms with Gasteiger partial charge >= 0.3 is 0 Å². The van der Waals surface area contributed by atoms with Crippen molar-refractivity contribution in [2.45, 2.75) is 65.7 Å². The third-order valence-corrected chi connectivity index (χ3v) is 6.91. The number of hydrogen-bond acceptors (Lipinski definition) is 0. The summed E-state index contributed by atoms with van der Waals surface area (Å²) in [4.78, 5) is 0. The molecule has 16 heavy (non-hydrogen) atoms. The van der Waals surface area contributed by atoms with Crippen molar-refractivity contribution in [2.24, 2.45) is 22.2 Å². The topological polar surface area (TPSA) is 0 Å². The van der Waals surface area contributed by atoms with Crippen LogP contribution < -0.4 is 0 Å².